The van der Waals surface area contributed by atoms with E-state index in [4.69, 9.17) is 14.2 Å². The Kier molecular flexibility index (Phi) is 57.9. The van der Waals surface area contributed by atoms with E-state index in [2.05, 4.69) is 111 Å². The zero-order valence-corrected chi connectivity index (χ0v) is 55.2. The van der Waals surface area contributed by atoms with Crippen molar-refractivity contribution in [2.24, 2.45) is 0 Å². The van der Waals surface area contributed by atoms with Crippen LogP contribution in [-0.4, -0.2) is 99.6 Å². The molecule has 1 aliphatic rings. The third-order valence-corrected chi connectivity index (χ3v) is 16.2. The molecule has 0 aromatic rings. The van der Waals surface area contributed by atoms with Gasteiger partial charge >= 0.3 is 5.97 Å². The molecule has 0 radical (unpaired) electrons. The lowest BCUT2D eigenvalue weighted by atomic mass is 9.99. The topological polar surface area (TPSA) is 175 Å². The molecular formula is C75H131NO10. The number of unbranched alkanes of at least 4 members (excludes halogenated alkanes) is 32. The second kappa shape index (κ2) is 61.8. The molecule has 1 fully saturated rings. The number of aliphatic hydroxyl groups is 5. The quantitative estimate of drug-likeness (QED) is 0.0195. The fraction of sp³-hybridized carbons (Fsp3) is 0.760. The highest BCUT2D eigenvalue weighted by Crippen LogP contribution is 2.26. The Hall–Kier alpha value is -3.42. The van der Waals surface area contributed by atoms with Gasteiger partial charge in [0.05, 0.1) is 25.4 Å². The summed E-state index contributed by atoms with van der Waals surface area (Å²) >= 11 is 0. The van der Waals surface area contributed by atoms with Crippen molar-refractivity contribution in [1.82, 2.24) is 5.32 Å². The van der Waals surface area contributed by atoms with Crippen molar-refractivity contribution in [1.29, 1.82) is 0 Å². The van der Waals surface area contributed by atoms with Crippen molar-refractivity contribution in [2.75, 3.05) is 13.2 Å². The average Bonchev–Trinajstić information content (AvgIpc) is 3.39. The Morgan fingerprint density at radius 3 is 1.28 bits per heavy atom. The fourth-order valence-corrected chi connectivity index (χ4v) is 10.7. The maximum absolute atomic E-state index is 13.5. The van der Waals surface area contributed by atoms with Gasteiger partial charge in [-0.3, -0.25) is 9.59 Å². The number of allylic oxidation sites excluding steroid dienone is 15. The van der Waals surface area contributed by atoms with Gasteiger partial charge in [-0.25, -0.2) is 0 Å². The van der Waals surface area contributed by atoms with Crippen LogP contribution in [0.25, 0.3) is 0 Å². The molecule has 1 aliphatic heterocycles. The highest BCUT2D eigenvalue weighted by Gasteiger charge is 2.47. The summed E-state index contributed by atoms with van der Waals surface area (Å²) in [6, 6.07) is -1.03. The molecule has 11 heteroatoms. The number of amides is 1. The van der Waals surface area contributed by atoms with Crippen LogP contribution in [0.3, 0.4) is 0 Å². The van der Waals surface area contributed by atoms with Crippen molar-refractivity contribution in [3.05, 3.63) is 97.2 Å². The molecule has 8 atom stereocenters. The van der Waals surface area contributed by atoms with Gasteiger partial charge in [-0.15, -0.1) is 0 Å². The van der Waals surface area contributed by atoms with Gasteiger partial charge in [-0.05, 0) is 103 Å². The van der Waals surface area contributed by atoms with E-state index < -0.39 is 67.4 Å². The minimum atomic E-state index is -1.62. The number of hydrogen-bond donors (Lipinski definition) is 6. The molecule has 1 saturated heterocycles. The summed E-state index contributed by atoms with van der Waals surface area (Å²) in [4.78, 5) is 26.7. The van der Waals surface area contributed by atoms with Crippen LogP contribution in [0.2, 0.25) is 0 Å². The Labute approximate surface area is 526 Å². The lowest BCUT2D eigenvalue weighted by Crippen LogP contribution is -2.61. The van der Waals surface area contributed by atoms with E-state index in [9.17, 15) is 35.1 Å². The van der Waals surface area contributed by atoms with Crippen LogP contribution in [0, 0.1) is 0 Å². The molecule has 86 heavy (non-hydrogen) atoms. The molecule has 0 aromatic heterocycles. The largest absolute Gasteiger partial charge is 0.454 e. The maximum Gasteiger partial charge on any atom is 0.306 e. The minimum Gasteiger partial charge on any atom is -0.454 e. The maximum atomic E-state index is 13.5. The monoisotopic (exact) mass is 1210 g/mol. The van der Waals surface area contributed by atoms with Crippen LogP contribution < -0.4 is 5.32 Å². The van der Waals surface area contributed by atoms with Crippen LogP contribution in [0.4, 0.5) is 0 Å². The zero-order valence-electron chi connectivity index (χ0n) is 55.2. The summed E-state index contributed by atoms with van der Waals surface area (Å²) in [6.07, 6.45) is 72.9. The number of hydrogen-bond acceptors (Lipinski definition) is 10. The van der Waals surface area contributed by atoms with Crippen molar-refractivity contribution in [2.45, 2.75) is 352 Å². The van der Waals surface area contributed by atoms with Gasteiger partial charge in [0, 0.05) is 6.42 Å². The smallest absolute Gasteiger partial charge is 0.306 e. The first-order valence-corrected chi connectivity index (χ1v) is 35.5. The van der Waals surface area contributed by atoms with E-state index in [1.54, 1.807) is 6.08 Å². The zero-order chi connectivity index (χ0) is 62.4. The van der Waals surface area contributed by atoms with E-state index in [1.807, 2.05) is 6.08 Å². The van der Waals surface area contributed by atoms with Gasteiger partial charge in [0.25, 0.3) is 0 Å². The number of rotatable bonds is 60. The first kappa shape index (κ1) is 80.6. The molecule has 496 valence electrons. The molecule has 0 spiro atoms. The third-order valence-electron chi connectivity index (χ3n) is 16.2. The molecule has 0 aromatic carbocycles. The average molecular weight is 1210 g/mol. The molecular weight excluding hydrogens is 1070 g/mol. The Morgan fingerprint density at radius 1 is 0.465 bits per heavy atom. The van der Waals surface area contributed by atoms with E-state index in [1.165, 1.54) is 135 Å². The van der Waals surface area contributed by atoms with Gasteiger partial charge in [0.15, 0.2) is 12.4 Å². The SMILES string of the molecule is CC/C=C\C/C=C\C/C=C\C/C=C\C/C=C\CCCCCCCCCC(=O)OC1C(OCC(NC(=O)C(O)CCCCCCCCCCCCCC/C=C\C/C=C\CCCCC)C(O)/C=C/CCCCCCCCCCCC)OC(CO)C(O)C1O. The van der Waals surface area contributed by atoms with Crippen molar-refractivity contribution >= 4 is 11.9 Å². The van der Waals surface area contributed by atoms with Crippen molar-refractivity contribution < 1.29 is 49.3 Å². The van der Waals surface area contributed by atoms with Crippen LogP contribution >= 0.6 is 0 Å². The lowest BCUT2D eigenvalue weighted by molar-refractivity contribution is -0.305. The highest BCUT2D eigenvalue weighted by molar-refractivity contribution is 5.80. The summed E-state index contributed by atoms with van der Waals surface area (Å²) in [5.74, 6) is -1.20. The van der Waals surface area contributed by atoms with E-state index >= 15 is 0 Å². The van der Waals surface area contributed by atoms with Crippen LogP contribution in [-0.2, 0) is 23.8 Å². The number of aliphatic hydroxyl groups excluding tert-OH is 5. The summed E-state index contributed by atoms with van der Waals surface area (Å²) in [5, 5.41) is 57.3. The molecule has 1 rings (SSSR count). The summed E-state index contributed by atoms with van der Waals surface area (Å²) in [5.41, 5.74) is 0. The van der Waals surface area contributed by atoms with Gasteiger partial charge in [0.1, 0.15) is 24.4 Å². The Bertz CT molecular complexity index is 1770. The first-order valence-electron chi connectivity index (χ1n) is 35.5. The number of esters is 1. The van der Waals surface area contributed by atoms with Crippen molar-refractivity contribution in [3.63, 3.8) is 0 Å². The summed E-state index contributed by atoms with van der Waals surface area (Å²) < 4.78 is 17.7. The molecule has 0 saturated carbocycles. The molecule has 1 amide bonds. The number of carbonyl (C=O) groups is 2. The number of ether oxygens (including phenoxy) is 3. The fourth-order valence-electron chi connectivity index (χ4n) is 10.7. The second-order valence-electron chi connectivity index (χ2n) is 24.2. The molecule has 0 bridgehead atoms. The summed E-state index contributed by atoms with van der Waals surface area (Å²) in [7, 11) is 0. The van der Waals surface area contributed by atoms with Crippen molar-refractivity contribution in [3.8, 4) is 0 Å². The van der Waals surface area contributed by atoms with Crippen LogP contribution in [0.5, 0.6) is 0 Å². The van der Waals surface area contributed by atoms with E-state index in [0.717, 1.165) is 122 Å². The van der Waals surface area contributed by atoms with E-state index in [-0.39, 0.29) is 19.4 Å². The van der Waals surface area contributed by atoms with Gasteiger partial charge < -0.3 is 45.1 Å². The van der Waals surface area contributed by atoms with Crippen LogP contribution in [0.1, 0.15) is 303 Å². The minimum absolute atomic E-state index is 0.107. The highest BCUT2D eigenvalue weighted by atomic mass is 16.7. The molecule has 8 unspecified atom stereocenters. The number of carbonyl (C=O) groups excluding carboxylic acids is 2. The standard InChI is InChI=1S/C75H131NO10/c1-4-7-10-13-16-19-22-25-27-29-31-33-35-37-39-41-43-45-48-51-54-57-60-63-70(80)86-73-72(82)71(81)69(64-77)85-75(73)84-65-66(67(78)61-58-55-52-49-46-24-21-18-15-12-9-6-3)76-74(83)68(79)62-59-56-53-50-47-44-42-40-38-36-34-32-30-28-26-23-20-17-14-11-8-5-2/h7,10,16-17,19-20,25-28,31,33,37,39,58,61,66-69,71-73,75,77-79,81-82H,4-6,8-9,11-15,18,21-24,29-30,32,34-36,38,40-57,59-60,62-65H2,1-3H3,(H,76,83)/b10-7-,19-16-,20-17-,27-25-,28-26-,33-31-,39-37-,61-58+. The van der Waals surface area contributed by atoms with Gasteiger partial charge in [-0.2, -0.15) is 0 Å². The third kappa shape index (κ3) is 48.5. The Balaban J connectivity index is 2.59. The normalized spacial score (nSPS) is 18.9. The lowest BCUT2D eigenvalue weighted by Gasteiger charge is -2.41. The molecule has 11 nitrogen and oxygen atoms in total. The van der Waals surface area contributed by atoms with Gasteiger partial charge in [0.2, 0.25) is 5.91 Å². The second-order valence-corrected chi connectivity index (χ2v) is 24.2. The number of nitrogens with one attached hydrogen (secondary N) is 1. The van der Waals surface area contributed by atoms with E-state index in [0.29, 0.717) is 12.8 Å². The molecule has 6 N–H and O–H groups in total. The predicted octanol–water partition coefficient (Wildman–Crippen LogP) is 18.2. The van der Waals surface area contributed by atoms with Crippen LogP contribution in [0.15, 0.2) is 97.2 Å². The Morgan fingerprint density at radius 2 is 0.837 bits per heavy atom. The molecule has 0 aliphatic carbocycles. The first-order chi connectivity index (χ1) is 42.2. The summed E-state index contributed by atoms with van der Waals surface area (Å²) in [6.45, 7) is 5.67. The van der Waals surface area contributed by atoms with Gasteiger partial charge in [-0.1, -0.05) is 291 Å². The predicted molar refractivity (Wildman–Crippen MR) is 361 cm³/mol. The molecule has 1 heterocycles.